The van der Waals surface area contributed by atoms with Gasteiger partial charge in [0.15, 0.2) is 6.10 Å². The maximum Gasteiger partial charge on any atom is 0.306 e. The quantitative estimate of drug-likeness (QED) is 0.0344. The maximum atomic E-state index is 12.7. The topological polar surface area (TPSA) is 78.9 Å². The predicted molar refractivity (Wildman–Crippen MR) is 261 cm³/mol. The van der Waals surface area contributed by atoms with Crippen LogP contribution in [0.2, 0.25) is 0 Å². The molecule has 362 valence electrons. The van der Waals surface area contributed by atoms with Gasteiger partial charge in [-0.05, 0) is 31.1 Å². The van der Waals surface area contributed by atoms with Gasteiger partial charge in [0.2, 0.25) is 0 Å². The Labute approximate surface area is 380 Å². The van der Waals surface area contributed by atoms with E-state index < -0.39 is 6.10 Å². The first-order chi connectivity index (χ1) is 29.7. The number of hydrogen-bond acceptors (Lipinski definition) is 6. The first-order valence-corrected chi connectivity index (χ1v) is 27.2. The third-order valence-corrected chi connectivity index (χ3v) is 12.5. The molecule has 0 aliphatic heterocycles. The van der Waals surface area contributed by atoms with Gasteiger partial charge in [0.1, 0.15) is 13.2 Å². The summed E-state index contributed by atoms with van der Waals surface area (Å²) in [4.78, 5) is 37.9. The van der Waals surface area contributed by atoms with Gasteiger partial charge in [0, 0.05) is 19.3 Å². The van der Waals surface area contributed by atoms with Crippen molar-refractivity contribution in [3.05, 3.63) is 0 Å². The van der Waals surface area contributed by atoms with Gasteiger partial charge in [-0.3, -0.25) is 14.4 Å². The molecule has 0 aromatic rings. The number of hydrogen-bond donors (Lipinski definition) is 0. The number of esters is 3. The molecule has 61 heavy (non-hydrogen) atoms. The van der Waals surface area contributed by atoms with Crippen LogP contribution in [0, 0.1) is 11.8 Å². The van der Waals surface area contributed by atoms with Gasteiger partial charge in [-0.2, -0.15) is 0 Å². The summed E-state index contributed by atoms with van der Waals surface area (Å²) in [5.41, 5.74) is 0. The molecule has 0 rings (SSSR count). The highest BCUT2D eigenvalue weighted by molar-refractivity contribution is 5.71. The van der Waals surface area contributed by atoms with Crippen LogP contribution in [-0.2, 0) is 28.6 Å². The first-order valence-electron chi connectivity index (χ1n) is 27.2. The number of carbonyl (C=O) groups excluding carboxylic acids is 3. The van der Waals surface area contributed by atoms with Crippen LogP contribution in [0.4, 0.5) is 0 Å². The lowest BCUT2D eigenvalue weighted by Crippen LogP contribution is -2.30. The number of carbonyl (C=O) groups is 3. The summed E-state index contributed by atoms with van der Waals surface area (Å²) in [5, 5.41) is 0. The molecule has 6 heteroatoms. The van der Waals surface area contributed by atoms with Crippen LogP contribution in [0.5, 0.6) is 0 Å². The van der Waals surface area contributed by atoms with Crippen LogP contribution in [0.15, 0.2) is 0 Å². The second-order valence-corrected chi connectivity index (χ2v) is 19.8. The van der Waals surface area contributed by atoms with E-state index in [4.69, 9.17) is 14.2 Å². The van der Waals surface area contributed by atoms with E-state index in [1.54, 1.807) is 0 Å². The molecule has 0 aromatic carbocycles. The van der Waals surface area contributed by atoms with Crippen molar-refractivity contribution in [2.75, 3.05) is 13.2 Å². The van der Waals surface area contributed by atoms with Gasteiger partial charge >= 0.3 is 17.9 Å². The molecule has 0 aliphatic rings. The van der Waals surface area contributed by atoms with E-state index in [1.165, 1.54) is 193 Å². The average molecular weight is 863 g/mol. The first kappa shape index (κ1) is 59.4. The lowest BCUT2D eigenvalue weighted by atomic mass is 10.0. The molecule has 0 bridgehead atoms. The molecule has 0 aliphatic carbocycles. The van der Waals surface area contributed by atoms with E-state index in [0.29, 0.717) is 19.3 Å². The average Bonchev–Trinajstić information content (AvgIpc) is 3.23. The Balaban J connectivity index is 4.20. The van der Waals surface area contributed by atoms with Crippen LogP contribution < -0.4 is 0 Å². The predicted octanol–water partition coefficient (Wildman–Crippen LogP) is 17.7. The molecule has 0 spiro atoms. The molecule has 0 aromatic heterocycles. The summed E-state index contributed by atoms with van der Waals surface area (Å²) >= 11 is 0. The van der Waals surface area contributed by atoms with Crippen LogP contribution in [0.3, 0.4) is 0 Å². The van der Waals surface area contributed by atoms with E-state index >= 15 is 0 Å². The molecule has 0 unspecified atom stereocenters. The van der Waals surface area contributed by atoms with Gasteiger partial charge in [-0.15, -0.1) is 0 Å². The van der Waals surface area contributed by atoms with Gasteiger partial charge < -0.3 is 14.2 Å². The minimum Gasteiger partial charge on any atom is -0.462 e. The zero-order chi connectivity index (χ0) is 44.7. The molecule has 1 atom stereocenters. The zero-order valence-corrected chi connectivity index (χ0v) is 41.8. The molecule has 6 nitrogen and oxygen atoms in total. The Morgan fingerprint density at radius 2 is 0.541 bits per heavy atom. The summed E-state index contributed by atoms with van der Waals surface area (Å²) in [7, 11) is 0. The minimum absolute atomic E-state index is 0.0633. The van der Waals surface area contributed by atoms with Crippen LogP contribution >= 0.6 is 0 Å². The summed E-state index contributed by atoms with van der Waals surface area (Å²) in [6.45, 7) is 11.4. The Morgan fingerprint density at radius 1 is 0.311 bits per heavy atom. The fraction of sp³-hybridized carbons (Fsp3) is 0.945. The van der Waals surface area contributed by atoms with Crippen LogP contribution in [0.25, 0.3) is 0 Å². The Morgan fingerprint density at radius 3 is 0.803 bits per heavy atom. The summed E-state index contributed by atoms with van der Waals surface area (Å²) in [6, 6.07) is 0. The number of ether oxygens (including phenoxy) is 3. The van der Waals surface area contributed by atoms with Crippen molar-refractivity contribution in [1.29, 1.82) is 0 Å². The van der Waals surface area contributed by atoms with E-state index in [9.17, 15) is 14.4 Å². The smallest absolute Gasteiger partial charge is 0.306 e. The van der Waals surface area contributed by atoms with E-state index in [-0.39, 0.29) is 31.1 Å². The SMILES string of the molecule is CCCCCCCCCCCC(=O)O[C@@H](COC(=O)CCCCCCCCCCCCCCCCCC(C)C)COC(=O)CCCCCCCCCCCCCCCC(C)C. The second-order valence-electron chi connectivity index (χ2n) is 19.8. The molecular weight excluding hydrogens is 757 g/mol. The lowest BCUT2D eigenvalue weighted by Gasteiger charge is -2.18. The lowest BCUT2D eigenvalue weighted by molar-refractivity contribution is -0.167. The van der Waals surface area contributed by atoms with Crippen molar-refractivity contribution < 1.29 is 28.6 Å². The van der Waals surface area contributed by atoms with Crippen molar-refractivity contribution >= 4 is 17.9 Å². The second kappa shape index (κ2) is 47.9. The zero-order valence-electron chi connectivity index (χ0n) is 41.8. The summed E-state index contributed by atoms with van der Waals surface area (Å²) < 4.78 is 16.8. The van der Waals surface area contributed by atoms with Gasteiger partial charge in [0.05, 0.1) is 0 Å². The Bertz CT molecular complexity index is 931. The molecular formula is C55H106O6. The highest BCUT2D eigenvalue weighted by atomic mass is 16.6. The van der Waals surface area contributed by atoms with Crippen LogP contribution in [-0.4, -0.2) is 37.2 Å². The normalized spacial score (nSPS) is 12.0. The largest absolute Gasteiger partial charge is 0.462 e. The van der Waals surface area contributed by atoms with Crippen molar-refractivity contribution in [1.82, 2.24) is 0 Å². The number of rotatable bonds is 49. The van der Waals surface area contributed by atoms with E-state index in [0.717, 1.165) is 69.6 Å². The monoisotopic (exact) mass is 863 g/mol. The molecule has 0 saturated carbocycles. The third kappa shape index (κ3) is 49.3. The fourth-order valence-corrected chi connectivity index (χ4v) is 8.34. The number of unbranched alkanes of at least 4 members (excludes halogenated alkanes) is 34. The summed E-state index contributed by atoms with van der Waals surface area (Å²) in [6.07, 6.45) is 49.5. The van der Waals surface area contributed by atoms with Gasteiger partial charge in [-0.25, -0.2) is 0 Å². The van der Waals surface area contributed by atoms with Gasteiger partial charge in [0.25, 0.3) is 0 Å². The van der Waals surface area contributed by atoms with Crippen molar-refractivity contribution in [3.8, 4) is 0 Å². The molecule has 0 radical (unpaired) electrons. The highest BCUT2D eigenvalue weighted by Gasteiger charge is 2.19. The molecule has 0 heterocycles. The highest BCUT2D eigenvalue weighted by Crippen LogP contribution is 2.18. The maximum absolute atomic E-state index is 12.7. The summed E-state index contributed by atoms with van der Waals surface area (Å²) in [5.74, 6) is 0.843. The van der Waals surface area contributed by atoms with E-state index in [1.807, 2.05) is 0 Å². The van der Waals surface area contributed by atoms with Crippen molar-refractivity contribution in [2.45, 2.75) is 310 Å². The van der Waals surface area contributed by atoms with Gasteiger partial charge in [-0.1, -0.05) is 266 Å². The van der Waals surface area contributed by atoms with E-state index in [2.05, 4.69) is 34.6 Å². The Hall–Kier alpha value is -1.59. The molecule has 0 fully saturated rings. The molecule has 0 N–H and O–H groups in total. The standard InChI is InChI=1S/C55H106O6/c1-6-7-8-9-10-23-32-37-42-47-55(58)61-52(49-60-54(57)46-41-36-31-27-22-18-14-16-20-25-29-34-39-44-51(4)5)48-59-53(56)45-40-35-30-26-21-17-13-11-12-15-19-24-28-33-38-43-50(2)3/h50-52H,6-49H2,1-5H3/t52-/m0/s1. The van der Waals surface area contributed by atoms with Crippen molar-refractivity contribution in [2.24, 2.45) is 11.8 Å². The molecule has 0 saturated heterocycles. The molecule has 0 amide bonds. The minimum atomic E-state index is -0.761. The van der Waals surface area contributed by atoms with Crippen LogP contribution in [0.1, 0.15) is 304 Å². The fourth-order valence-electron chi connectivity index (χ4n) is 8.34. The van der Waals surface area contributed by atoms with Crippen molar-refractivity contribution in [3.63, 3.8) is 0 Å². The Kier molecular flexibility index (Phi) is 46.6. The third-order valence-electron chi connectivity index (χ3n) is 12.5.